The highest BCUT2D eigenvalue weighted by Gasteiger charge is 2.52. The third-order valence-corrected chi connectivity index (χ3v) is 5.19. The third-order valence-electron chi connectivity index (χ3n) is 3.86. The zero-order valence-corrected chi connectivity index (χ0v) is 13.0. The van der Waals surface area contributed by atoms with Crippen molar-refractivity contribution >= 4 is 10.1 Å². The van der Waals surface area contributed by atoms with Crippen LogP contribution < -0.4 is 0 Å². The average Bonchev–Trinajstić information content (AvgIpc) is 2.91. The smallest absolute Gasteiger partial charge is 0.297 e. The van der Waals surface area contributed by atoms with E-state index in [-0.39, 0.29) is 11.5 Å². The number of fused-ring (bicyclic) bond motifs is 2. The van der Waals surface area contributed by atoms with Crippen LogP contribution in [0.5, 0.6) is 0 Å². The fourth-order valence-corrected chi connectivity index (χ4v) is 3.73. The van der Waals surface area contributed by atoms with E-state index in [1.807, 2.05) is 6.92 Å². The minimum Gasteiger partial charge on any atom is -0.387 e. The SMILES string of the molecule is COC1C2COC(O2)C(OS(=O)(=O)c2ccc(C)cc2)C1O. The van der Waals surface area contributed by atoms with E-state index >= 15 is 0 Å². The van der Waals surface area contributed by atoms with E-state index in [0.29, 0.717) is 0 Å². The molecule has 0 spiro atoms. The second-order valence-corrected chi connectivity index (χ2v) is 6.97. The van der Waals surface area contributed by atoms with Crippen molar-refractivity contribution in [3.63, 3.8) is 0 Å². The molecule has 2 bridgehead atoms. The standard InChI is InChI=1S/C14H18O7S/c1-8-3-5-9(6-4-8)22(16,17)21-13-11(15)12(18-2)10-7-19-14(13)20-10/h3-6,10-15H,7H2,1-2H3. The lowest BCUT2D eigenvalue weighted by Crippen LogP contribution is -2.56. The van der Waals surface area contributed by atoms with Gasteiger partial charge in [-0.15, -0.1) is 0 Å². The highest BCUT2D eigenvalue weighted by molar-refractivity contribution is 7.86. The molecule has 5 unspecified atom stereocenters. The molecule has 122 valence electrons. The topological polar surface area (TPSA) is 91.3 Å². The van der Waals surface area contributed by atoms with Gasteiger partial charge in [-0.1, -0.05) is 17.7 Å². The van der Waals surface area contributed by atoms with E-state index in [1.54, 1.807) is 12.1 Å². The Balaban J connectivity index is 1.83. The van der Waals surface area contributed by atoms with Gasteiger partial charge < -0.3 is 19.3 Å². The summed E-state index contributed by atoms with van der Waals surface area (Å²) in [6.45, 7) is 2.08. The second kappa shape index (κ2) is 5.88. The van der Waals surface area contributed by atoms with Crippen LogP contribution in [0, 0.1) is 6.92 Å². The van der Waals surface area contributed by atoms with Crippen LogP contribution in [0.3, 0.4) is 0 Å². The summed E-state index contributed by atoms with van der Waals surface area (Å²) in [6.07, 6.45) is -4.37. The number of hydrogen-bond acceptors (Lipinski definition) is 7. The Labute approximate surface area is 128 Å². The van der Waals surface area contributed by atoms with Gasteiger partial charge in [-0.3, -0.25) is 4.18 Å². The highest BCUT2D eigenvalue weighted by atomic mass is 32.2. The Morgan fingerprint density at radius 1 is 1.23 bits per heavy atom. The van der Waals surface area contributed by atoms with E-state index in [9.17, 15) is 13.5 Å². The van der Waals surface area contributed by atoms with Gasteiger partial charge in [0.2, 0.25) is 0 Å². The largest absolute Gasteiger partial charge is 0.387 e. The molecule has 1 aromatic carbocycles. The lowest BCUT2D eigenvalue weighted by Gasteiger charge is -2.36. The summed E-state index contributed by atoms with van der Waals surface area (Å²) in [7, 11) is -2.62. The van der Waals surface area contributed by atoms with Gasteiger partial charge in [-0.25, -0.2) is 0 Å². The van der Waals surface area contributed by atoms with Crippen LogP contribution in [0.1, 0.15) is 5.56 Å². The fourth-order valence-electron chi connectivity index (χ4n) is 2.65. The minimum atomic E-state index is -4.04. The monoisotopic (exact) mass is 330 g/mol. The van der Waals surface area contributed by atoms with Gasteiger partial charge in [0.25, 0.3) is 10.1 Å². The molecule has 2 aliphatic rings. The maximum atomic E-state index is 12.3. The molecule has 0 aliphatic carbocycles. The average molecular weight is 330 g/mol. The van der Waals surface area contributed by atoms with Crippen LogP contribution in [0.4, 0.5) is 0 Å². The minimum absolute atomic E-state index is 0.0133. The van der Waals surface area contributed by atoms with E-state index in [2.05, 4.69) is 0 Å². The molecule has 0 radical (unpaired) electrons. The summed E-state index contributed by atoms with van der Waals surface area (Å²) in [4.78, 5) is 0.0133. The summed E-state index contributed by atoms with van der Waals surface area (Å²) in [6, 6.07) is 6.24. The first-order valence-electron chi connectivity index (χ1n) is 6.90. The molecule has 2 aliphatic heterocycles. The van der Waals surface area contributed by atoms with Crippen molar-refractivity contribution in [1.82, 2.24) is 0 Å². The van der Waals surface area contributed by atoms with Gasteiger partial charge >= 0.3 is 0 Å². The number of methoxy groups -OCH3 is 1. The predicted octanol–water partition coefficient (Wildman–Crippen LogP) is 0.200. The summed E-state index contributed by atoms with van der Waals surface area (Å²) in [5, 5.41) is 10.3. The molecule has 2 fully saturated rings. The molecule has 0 aromatic heterocycles. The Hall–Kier alpha value is -1.03. The highest BCUT2D eigenvalue weighted by Crippen LogP contribution is 2.33. The Morgan fingerprint density at radius 3 is 2.55 bits per heavy atom. The van der Waals surface area contributed by atoms with Crippen molar-refractivity contribution in [1.29, 1.82) is 0 Å². The van der Waals surface area contributed by atoms with E-state index in [0.717, 1.165) is 5.56 Å². The molecule has 2 saturated heterocycles. The molecule has 2 heterocycles. The molecule has 1 N–H and O–H groups in total. The van der Waals surface area contributed by atoms with Crippen LogP contribution in [0.15, 0.2) is 29.2 Å². The Kier molecular flexibility index (Phi) is 4.23. The van der Waals surface area contributed by atoms with Crippen molar-refractivity contribution in [2.45, 2.75) is 42.5 Å². The Morgan fingerprint density at radius 2 is 1.91 bits per heavy atom. The molecule has 8 heteroatoms. The number of aliphatic hydroxyl groups is 1. The van der Waals surface area contributed by atoms with Gasteiger partial charge in [-0.05, 0) is 19.1 Å². The maximum absolute atomic E-state index is 12.3. The molecule has 5 atom stereocenters. The van der Waals surface area contributed by atoms with Crippen LogP contribution >= 0.6 is 0 Å². The molecule has 1 aromatic rings. The lowest BCUT2D eigenvalue weighted by atomic mass is 10.0. The number of hydrogen-bond donors (Lipinski definition) is 1. The van der Waals surface area contributed by atoms with Crippen molar-refractivity contribution in [2.75, 3.05) is 13.7 Å². The van der Waals surface area contributed by atoms with Crippen molar-refractivity contribution in [2.24, 2.45) is 0 Å². The summed E-state index contributed by atoms with van der Waals surface area (Å²) < 4.78 is 45.9. The van der Waals surface area contributed by atoms with Crippen molar-refractivity contribution in [3.05, 3.63) is 29.8 Å². The van der Waals surface area contributed by atoms with Gasteiger partial charge in [0.1, 0.15) is 18.3 Å². The van der Waals surface area contributed by atoms with E-state index in [1.165, 1.54) is 19.2 Å². The first-order valence-corrected chi connectivity index (χ1v) is 8.31. The summed E-state index contributed by atoms with van der Waals surface area (Å²) >= 11 is 0. The van der Waals surface area contributed by atoms with E-state index < -0.39 is 40.8 Å². The molecule has 0 saturated carbocycles. The molecular weight excluding hydrogens is 312 g/mol. The van der Waals surface area contributed by atoms with Crippen LogP contribution in [-0.2, 0) is 28.5 Å². The first kappa shape index (κ1) is 15.9. The molecular formula is C14H18O7S. The quantitative estimate of drug-likeness (QED) is 0.789. The molecule has 22 heavy (non-hydrogen) atoms. The number of aryl methyl sites for hydroxylation is 1. The van der Waals surface area contributed by atoms with Gasteiger partial charge in [-0.2, -0.15) is 8.42 Å². The number of benzene rings is 1. The maximum Gasteiger partial charge on any atom is 0.297 e. The normalized spacial score (nSPS) is 34.8. The first-order chi connectivity index (χ1) is 10.4. The lowest BCUT2D eigenvalue weighted by molar-refractivity contribution is -0.225. The third kappa shape index (κ3) is 2.78. The van der Waals surface area contributed by atoms with Crippen LogP contribution in [-0.4, -0.2) is 57.9 Å². The fraction of sp³-hybridized carbons (Fsp3) is 0.571. The van der Waals surface area contributed by atoms with Crippen molar-refractivity contribution in [3.8, 4) is 0 Å². The zero-order chi connectivity index (χ0) is 15.9. The number of rotatable bonds is 4. The number of aliphatic hydroxyl groups excluding tert-OH is 1. The van der Waals surface area contributed by atoms with Gasteiger partial charge in [0.05, 0.1) is 11.5 Å². The second-order valence-electron chi connectivity index (χ2n) is 5.40. The molecule has 3 rings (SSSR count). The van der Waals surface area contributed by atoms with Gasteiger partial charge in [0, 0.05) is 7.11 Å². The summed E-state index contributed by atoms with van der Waals surface area (Å²) in [5.74, 6) is 0. The van der Waals surface area contributed by atoms with Crippen molar-refractivity contribution < 1.29 is 31.9 Å². The molecule has 7 nitrogen and oxygen atoms in total. The zero-order valence-electron chi connectivity index (χ0n) is 12.2. The van der Waals surface area contributed by atoms with E-state index in [4.69, 9.17) is 18.4 Å². The molecule has 0 amide bonds. The summed E-state index contributed by atoms with van der Waals surface area (Å²) in [5.41, 5.74) is 0.932. The number of ether oxygens (including phenoxy) is 3. The van der Waals surface area contributed by atoms with Gasteiger partial charge in [0.15, 0.2) is 12.4 Å². The van der Waals surface area contributed by atoms with Crippen LogP contribution in [0.25, 0.3) is 0 Å². The Bertz CT molecular complexity index is 627. The predicted molar refractivity (Wildman–Crippen MR) is 74.7 cm³/mol. The van der Waals surface area contributed by atoms with Crippen LogP contribution in [0.2, 0.25) is 0 Å².